The summed E-state index contributed by atoms with van der Waals surface area (Å²) in [4.78, 5) is 16.3. The Balaban J connectivity index is 1.77. The SMILES string of the molecule is CC1(Cn2cncn2)OC(=O)c2cc(-c3cc(Cl)ccc3O)ccc21. The van der Waals surface area contributed by atoms with Crippen LogP contribution in [-0.4, -0.2) is 25.8 Å². The average Bonchev–Trinajstić information content (AvgIpc) is 3.17. The Bertz CT molecular complexity index is 972. The molecule has 1 unspecified atom stereocenters. The molecule has 1 aromatic heterocycles. The minimum absolute atomic E-state index is 0.0982. The number of rotatable bonds is 3. The fraction of sp³-hybridized carbons (Fsp3) is 0.167. The van der Waals surface area contributed by atoms with Gasteiger partial charge in [-0.25, -0.2) is 14.5 Å². The molecule has 0 radical (unpaired) electrons. The monoisotopic (exact) mass is 355 g/mol. The van der Waals surface area contributed by atoms with E-state index in [1.165, 1.54) is 12.4 Å². The number of aromatic hydroxyl groups is 1. The summed E-state index contributed by atoms with van der Waals surface area (Å²) in [6.07, 6.45) is 3.02. The van der Waals surface area contributed by atoms with E-state index in [4.69, 9.17) is 16.3 Å². The molecule has 1 atom stereocenters. The van der Waals surface area contributed by atoms with Gasteiger partial charge in [0, 0.05) is 16.1 Å². The van der Waals surface area contributed by atoms with Crippen LogP contribution in [0, 0.1) is 0 Å². The van der Waals surface area contributed by atoms with Gasteiger partial charge < -0.3 is 9.84 Å². The summed E-state index contributed by atoms with van der Waals surface area (Å²) in [6.45, 7) is 2.21. The number of halogens is 1. The smallest absolute Gasteiger partial charge is 0.339 e. The van der Waals surface area contributed by atoms with E-state index in [1.807, 2.05) is 19.1 Å². The van der Waals surface area contributed by atoms with Crippen molar-refractivity contribution in [1.29, 1.82) is 0 Å². The Morgan fingerprint density at radius 2 is 2.08 bits per heavy atom. The Kier molecular flexibility index (Phi) is 3.51. The maximum Gasteiger partial charge on any atom is 0.339 e. The van der Waals surface area contributed by atoms with Crippen LogP contribution in [0.3, 0.4) is 0 Å². The van der Waals surface area contributed by atoms with E-state index in [1.54, 1.807) is 29.2 Å². The van der Waals surface area contributed by atoms with Crippen LogP contribution in [0.4, 0.5) is 0 Å². The van der Waals surface area contributed by atoms with Gasteiger partial charge >= 0.3 is 5.97 Å². The highest BCUT2D eigenvalue weighted by Gasteiger charge is 2.42. The third-order valence-electron chi connectivity index (χ3n) is 4.33. The second kappa shape index (κ2) is 5.60. The molecule has 0 spiro atoms. The lowest BCUT2D eigenvalue weighted by molar-refractivity contribution is -0.00888. The molecule has 6 nitrogen and oxygen atoms in total. The summed E-state index contributed by atoms with van der Waals surface area (Å²) < 4.78 is 7.25. The lowest BCUT2D eigenvalue weighted by Crippen LogP contribution is -2.28. The minimum Gasteiger partial charge on any atom is -0.507 e. The number of phenolic OH excluding ortho intramolecular Hbond substituents is 1. The van der Waals surface area contributed by atoms with Crippen molar-refractivity contribution in [2.24, 2.45) is 0 Å². The molecule has 25 heavy (non-hydrogen) atoms. The standard InChI is InChI=1S/C18H14ClN3O3/c1-18(8-22-10-20-9-21-22)15-4-2-11(6-14(15)17(24)25-18)13-7-12(19)3-5-16(13)23/h2-7,9-10,23H,8H2,1H3. The van der Waals surface area contributed by atoms with Gasteiger partial charge in [0.25, 0.3) is 0 Å². The molecule has 2 aromatic carbocycles. The predicted octanol–water partition coefficient (Wildman–Crippen LogP) is 3.39. The molecule has 0 aliphatic carbocycles. The van der Waals surface area contributed by atoms with E-state index >= 15 is 0 Å². The largest absolute Gasteiger partial charge is 0.507 e. The lowest BCUT2D eigenvalue weighted by atomic mass is 9.91. The van der Waals surface area contributed by atoms with Crippen molar-refractivity contribution in [1.82, 2.24) is 14.8 Å². The van der Waals surface area contributed by atoms with Crippen LogP contribution in [0.15, 0.2) is 49.1 Å². The van der Waals surface area contributed by atoms with Gasteiger partial charge in [0.05, 0.1) is 12.1 Å². The second-order valence-corrected chi connectivity index (χ2v) is 6.57. The van der Waals surface area contributed by atoms with E-state index < -0.39 is 11.6 Å². The number of phenols is 1. The van der Waals surface area contributed by atoms with Crippen LogP contribution in [0.2, 0.25) is 5.02 Å². The van der Waals surface area contributed by atoms with E-state index in [2.05, 4.69) is 10.1 Å². The van der Waals surface area contributed by atoms with E-state index in [-0.39, 0.29) is 5.75 Å². The predicted molar refractivity (Wildman–Crippen MR) is 91.3 cm³/mol. The molecule has 1 N–H and O–H groups in total. The summed E-state index contributed by atoms with van der Waals surface area (Å²) in [5.74, 6) is -0.304. The third kappa shape index (κ3) is 2.64. The topological polar surface area (TPSA) is 77.2 Å². The van der Waals surface area contributed by atoms with E-state index in [9.17, 15) is 9.90 Å². The molecule has 0 saturated heterocycles. The highest BCUT2D eigenvalue weighted by Crippen LogP contribution is 2.40. The number of carbonyl (C=O) groups excluding carboxylic acids is 1. The van der Waals surface area contributed by atoms with Crippen molar-refractivity contribution in [3.05, 3.63) is 65.2 Å². The van der Waals surface area contributed by atoms with Crippen LogP contribution in [0.1, 0.15) is 22.8 Å². The van der Waals surface area contributed by atoms with Crippen LogP contribution in [0.5, 0.6) is 5.75 Å². The van der Waals surface area contributed by atoms with Gasteiger partial charge in [0.1, 0.15) is 18.4 Å². The zero-order valence-electron chi connectivity index (χ0n) is 13.3. The summed E-state index contributed by atoms with van der Waals surface area (Å²) >= 11 is 6.02. The maximum absolute atomic E-state index is 12.4. The summed E-state index contributed by atoms with van der Waals surface area (Å²) in [7, 11) is 0. The Morgan fingerprint density at radius 3 is 2.84 bits per heavy atom. The minimum atomic E-state index is -0.824. The highest BCUT2D eigenvalue weighted by molar-refractivity contribution is 6.31. The number of benzene rings is 2. The molecule has 7 heteroatoms. The molecule has 126 valence electrons. The number of hydrogen-bond acceptors (Lipinski definition) is 5. The number of fused-ring (bicyclic) bond motifs is 1. The van der Waals surface area contributed by atoms with Gasteiger partial charge in [0.15, 0.2) is 5.60 Å². The maximum atomic E-state index is 12.4. The molecule has 2 heterocycles. The first-order chi connectivity index (χ1) is 12.0. The second-order valence-electron chi connectivity index (χ2n) is 6.14. The van der Waals surface area contributed by atoms with Gasteiger partial charge in [-0.05, 0) is 36.8 Å². The molecule has 4 rings (SSSR count). The normalized spacial score (nSPS) is 18.9. The van der Waals surface area contributed by atoms with Crippen molar-refractivity contribution < 1.29 is 14.6 Å². The number of ether oxygens (including phenoxy) is 1. The van der Waals surface area contributed by atoms with Gasteiger partial charge in [-0.15, -0.1) is 0 Å². The molecule has 1 aliphatic rings. The van der Waals surface area contributed by atoms with E-state index in [0.717, 1.165) is 5.56 Å². The first kappa shape index (κ1) is 15.7. The van der Waals surface area contributed by atoms with Crippen molar-refractivity contribution in [3.8, 4) is 16.9 Å². The van der Waals surface area contributed by atoms with Crippen LogP contribution >= 0.6 is 11.6 Å². The zero-order chi connectivity index (χ0) is 17.6. The number of hydrogen-bond donors (Lipinski definition) is 1. The molecule has 0 saturated carbocycles. The molecule has 0 amide bonds. The molecule has 0 fully saturated rings. The van der Waals surface area contributed by atoms with Gasteiger partial charge in [0.2, 0.25) is 0 Å². The highest BCUT2D eigenvalue weighted by atomic mass is 35.5. The lowest BCUT2D eigenvalue weighted by Gasteiger charge is -2.23. The molecule has 3 aromatic rings. The Morgan fingerprint density at radius 1 is 1.24 bits per heavy atom. The first-order valence-electron chi connectivity index (χ1n) is 7.65. The summed E-state index contributed by atoms with van der Waals surface area (Å²) in [6, 6.07) is 10.2. The van der Waals surface area contributed by atoms with Crippen molar-refractivity contribution >= 4 is 17.6 Å². The summed E-state index contributed by atoms with van der Waals surface area (Å²) in [5, 5.41) is 14.7. The quantitative estimate of drug-likeness (QED) is 0.729. The Hall–Kier alpha value is -2.86. The fourth-order valence-corrected chi connectivity index (χ4v) is 3.31. The number of aromatic nitrogens is 3. The van der Waals surface area contributed by atoms with E-state index in [0.29, 0.717) is 28.3 Å². The Labute approximate surface area is 148 Å². The zero-order valence-corrected chi connectivity index (χ0v) is 14.1. The average molecular weight is 356 g/mol. The van der Waals surface area contributed by atoms with Gasteiger partial charge in [-0.3, -0.25) is 0 Å². The van der Waals surface area contributed by atoms with Crippen LogP contribution in [-0.2, 0) is 16.9 Å². The molecule has 0 bridgehead atoms. The van der Waals surface area contributed by atoms with Crippen molar-refractivity contribution in [3.63, 3.8) is 0 Å². The number of carbonyl (C=O) groups is 1. The number of esters is 1. The van der Waals surface area contributed by atoms with Crippen molar-refractivity contribution in [2.75, 3.05) is 0 Å². The van der Waals surface area contributed by atoms with Crippen molar-refractivity contribution in [2.45, 2.75) is 19.1 Å². The molecule has 1 aliphatic heterocycles. The number of cyclic esters (lactones) is 1. The molecular weight excluding hydrogens is 342 g/mol. The first-order valence-corrected chi connectivity index (χ1v) is 8.03. The molecular formula is C18H14ClN3O3. The summed E-state index contributed by atoms with van der Waals surface area (Å²) in [5.41, 5.74) is 1.68. The van der Waals surface area contributed by atoms with Gasteiger partial charge in [-0.2, -0.15) is 5.10 Å². The fourth-order valence-electron chi connectivity index (χ4n) is 3.14. The van der Waals surface area contributed by atoms with Gasteiger partial charge in [-0.1, -0.05) is 23.7 Å². The third-order valence-corrected chi connectivity index (χ3v) is 4.56. The van der Waals surface area contributed by atoms with Crippen LogP contribution < -0.4 is 0 Å². The van der Waals surface area contributed by atoms with Crippen LogP contribution in [0.25, 0.3) is 11.1 Å². The number of nitrogens with zero attached hydrogens (tertiary/aromatic N) is 3.